The lowest BCUT2D eigenvalue weighted by Crippen LogP contribution is -2.01. The standard InChI is InChI=1S/C17H17N3O3/c1-21-13-7-5-6-12(10-13)17-20-19-16(23-17)11-18-14-8-3-4-9-15(14)22-2/h3-10,18H,11H2,1-2H3. The molecule has 0 radical (unpaired) electrons. The van der Waals surface area contributed by atoms with Gasteiger partial charge in [0.15, 0.2) is 0 Å². The lowest BCUT2D eigenvalue weighted by molar-refractivity contribution is 0.414. The molecule has 0 amide bonds. The highest BCUT2D eigenvalue weighted by molar-refractivity contribution is 5.57. The van der Waals surface area contributed by atoms with Crippen LogP contribution >= 0.6 is 0 Å². The summed E-state index contributed by atoms with van der Waals surface area (Å²) in [4.78, 5) is 0. The maximum absolute atomic E-state index is 5.68. The van der Waals surface area contributed by atoms with Gasteiger partial charge in [-0.15, -0.1) is 10.2 Å². The van der Waals surface area contributed by atoms with Gasteiger partial charge in [-0.3, -0.25) is 0 Å². The first kappa shape index (κ1) is 14.9. The minimum Gasteiger partial charge on any atom is -0.497 e. The Bertz CT molecular complexity index is 786. The summed E-state index contributed by atoms with van der Waals surface area (Å²) in [5, 5.41) is 11.4. The van der Waals surface area contributed by atoms with Gasteiger partial charge in [0, 0.05) is 5.56 Å². The Morgan fingerprint density at radius 3 is 2.70 bits per heavy atom. The SMILES string of the molecule is COc1cccc(-c2nnc(CNc3ccccc3OC)o2)c1. The number of nitrogens with zero attached hydrogens (tertiary/aromatic N) is 2. The normalized spacial score (nSPS) is 10.3. The molecule has 0 saturated heterocycles. The van der Waals surface area contributed by atoms with E-state index in [0.717, 1.165) is 22.7 Å². The van der Waals surface area contributed by atoms with E-state index in [1.54, 1.807) is 14.2 Å². The van der Waals surface area contributed by atoms with Gasteiger partial charge in [0.05, 0.1) is 26.5 Å². The first-order chi connectivity index (χ1) is 11.3. The number of para-hydroxylation sites is 2. The predicted octanol–water partition coefficient (Wildman–Crippen LogP) is 3.37. The topological polar surface area (TPSA) is 69.4 Å². The van der Waals surface area contributed by atoms with Gasteiger partial charge in [-0.05, 0) is 30.3 Å². The van der Waals surface area contributed by atoms with E-state index in [0.29, 0.717) is 18.3 Å². The van der Waals surface area contributed by atoms with Crippen molar-refractivity contribution in [3.05, 3.63) is 54.4 Å². The van der Waals surface area contributed by atoms with Gasteiger partial charge in [0.2, 0.25) is 11.8 Å². The van der Waals surface area contributed by atoms with E-state index in [4.69, 9.17) is 13.9 Å². The Hall–Kier alpha value is -3.02. The van der Waals surface area contributed by atoms with Crippen LogP contribution in [0.4, 0.5) is 5.69 Å². The van der Waals surface area contributed by atoms with E-state index in [2.05, 4.69) is 15.5 Å². The molecule has 0 spiro atoms. The van der Waals surface area contributed by atoms with Crippen LogP contribution in [0.3, 0.4) is 0 Å². The van der Waals surface area contributed by atoms with E-state index in [1.165, 1.54) is 0 Å². The Labute approximate surface area is 134 Å². The number of anilines is 1. The number of methoxy groups -OCH3 is 2. The first-order valence-corrected chi connectivity index (χ1v) is 7.14. The molecule has 23 heavy (non-hydrogen) atoms. The molecule has 0 atom stereocenters. The Kier molecular flexibility index (Phi) is 4.42. The van der Waals surface area contributed by atoms with Crippen LogP contribution in [0.2, 0.25) is 0 Å². The summed E-state index contributed by atoms with van der Waals surface area (Å²) < 4.78 is 16.2. The van der Waals surface area contributed by atoms with Gasteiger partial charge >= 0.3 is 0 Å². The zero-order valence-electron chi connectivity index (χ0n) is 12.9. The summed E-state index contributed by atoms with van der Waals surface area (Å²) in [5.41, 5.74) is 1.69. The summed E-state index contributed by atoms with van der Waals surface area (Å²) in [6.07, 6.45) is 0. The molecular weight excluding hydrogens is 294 g/mol. The molecule has 1 N–H and O–H groups in total. The van der Waals surface area contributed by atoms with Gasteiger partial charge in [0.1, 0.15) is 11.5 Å². The lowest BCUT2D eigenvalue weighted by Gasteiger charge is -2.08. The van der Waals surface area contributed by atoms with Crippen LogP contribution in [-0.2, 0) is 6.54 Å². The van der Waals surface area contributed by atoms with Gasteiger partial charge in [-0.25, -0.2) is 0 Å². The minimum absolute atomic E-state index is 0.414. The van der Waals surface area contributed by atoms with Crippen molar-refractivity contribution in [1.82, 2.24) is 10.2 Å². The molecule has 0 unspecified atom stereocenters. The van der Waals surface area contributed by atoms with Crippen molar-refractivity contribution in [2.75, 3.05) is 19.5 Å². The number of aromatic nitrogens is 2. The van der Waals surface area contributed by atoms with Crippen molar-refractivity contribution < 1.29 is 13.9 Å². The maximum Gasteiger partial charge on any atom is 0.247 e. The molecule has 1 aromatic heterocycles. The molecule has 118 valence electrons. The van der Waals surface area contributed by atoms with Crippen LogP contribution in [0, 0.1) is 0 Å². The van der Waals surface area contributed by atoms with Gasteiger partial charge in [-0.1, -0.05) is 18.2 Å². The van der Waals surface area contributed by atoms with E-state index in [-0.39, 0.29) is 0 Å². The average Bonchev–Trinajstić information content (AvgIpc) is 3.09. The molecule has 1 heterocycles. The molecule has 3 rings (SSSR count). The van der Waals surface area contributed by atoms with Crippen LogP contribution in [0.25, 0.3) is 11.5 Å². The zero-order valence-corrected chi connectivity index (χ0v) is 12.9. The highest BCUT2D eigenvalue weighted by Crippen LogP contribution is 2.25. The molecule has 0 bridgehead atoms. The number of nitrogens with one attached hydrogen (secondary N) is 1. The maximum atomic E-state index is 5.68. The van der Waals surface area contributed by atoms with Crippen molar-refractivity contribution in [2.24, 2.45) is 0 Å². The first-order valence-electron chi connectivity index (χ1n) is 7.14. The third-order valence-electron chi connectivity index (χ3n) is 3.32. The van der Waals surface area contributed by atoms with E-state index < -0.39 is 0 Å². The summed E-state index contributed by atoms with van der Waals surface area (Å²) in [6.45, 7) is 0.414. The van der Waals surface area contributed by atoms with E-state index >= 15 is 0 Å². The molecule has 0 aliphatic heterocycles. The Morgan fingerprint density at radius 2 is 1.87 bits per heavy atom. The van der Waals surface area contributed by atoms with Gasteiger partial charge in [0.25, 0.3) is 0 Å². The number of benzene rings is 2. The Balaban J connectivity index is 1.72. The molecule has 0 fully saturated rings. The van der Waals surface area contributed by atoms with Crippen molar-refractivity contribution in [1.29, 1.82) is 0 Å². The number of hydrogen-bond donors (Lipinski definition) is 1. The third kappa shape index (κ3) is 3.42. The number of ether oxygens (including phenoxy) is 2. The van der Waals surface area contributed by atoms with Crippen LogP contribution < -0.4 is 14.8 Å². The Morgan fingerprint density at radius 1 is 1.00 bits per heavy atom. The second-order valence-electron chi connectivity index (χ2n) is 4.79. The zero-order chi connectivity index (χ0) is 16.1. The summed E-state index contributed by atoms with van der Waals surface area (Å²) in [5.74, 6) is 2.46. The summed E-state index contributed by atoms with van der Waals surface area (Å²) in [7, 11) is 3.25. The van der Waals surface area contributed by atoms with E-state index in [9.17, 15) is 0 Å². The second kappa shape index (κ2) is 6.83. The number of hydrogen-bond acceptors (Lipinski definition) is 6. The fourth-order valence-electron chi connectivity index (χ4n) is 2.16. The monoisotopic (exact) mass is 311 g/mol. The van der Waals surface area contributed by atoms with Crippen LogP contribution in [0.5, 0.6) is 11.5 Å². The van der Waals surface area contributed by atoms with Gasteiger partial charge < -0.3 is 19.2 Å². The van der Waals surface area contributed by atoms with Crippen LogP contribution in [0.1, 0.15) is 5.89 Å². The fraction of sp³-hybridized carbons (Fsp3) is 0.176. The van der Waals surface area contributed by atoms with Crippen molar-refractivity contribution in [3.63, 3.8) is 0 Å². The smallest absolute Gasteiger partial charge is 0.247 e. The molecule has 6 heteroatoms. The fourth-order valence-corrected chi connectivity index (χ4v) is 2.16. The van der Waals surface area contributed by atoms with Gasteiger partial charge in [-0.2, -0.15) is 0 Å². The van der Waals surface area contributed by atoms with Crippen molar-refractivity contribution >= 4 is 5.69 Å². The average molecular weight is 311 g/mol. The summed E-state index contributed by atoms with van der Waals surface area (Å²) in [6, 6.07) is 15.2. The third-order valence-corrected chi connectivity index (χ3v) is 3.32. The largest absolute Gasteiger partial charge is 0.497 e. The molecule has 6 nitrogen and oxygen atoms in total. The minimum atomic E-state index is 0.414. The lowest BCUT2D eigenvalue weighted by atomic mass is 10.2. The van der Waals surface area contributed by atoms with E-state index in [1.807, 2.05) is 48.5 Å². The van der Waals surface area contributed by atoms with Crippen molar-refractivity contribution in [3.8, 4) is 23.0 Å². The van der Waals surface area contributed by atoms with Crippen LogP contribution in [-0.4, -0.2) is 24.4 Å². The van der Waals surface area contributed by atoms with Crippen molar-refractivity contribution in [2.45, 2.75) is 6.54 Å². The molecule has 0 aliphatic rings. The molecule has 0 aliphatic carbocycles. The van der Waals surface area contributed by atoms with Crippen LogP contribution in [0.15, 0.2) is 52.9 Å². The highest BCUT2D eigenvalue weighted by atomic mass is 16.5. The molecular formula is C17H17N3O3. The molecule has 0 saturated carbocycles. The quantitative estimate of drug-likeness (QED) is 0.752. The highest BCUT2D eigenvalue weighted by Gasteiger charge is 2.10. The molecule has 2 aromatic carbocycles. The molecule has 3 aromatic rings. The number of rotatable bonds is 6. The summed E-state index contributed by atoms with van der Waals surface area (Å²) >= 11 is 0. The second-order valence-corrected chi connectivity index (χ2v) is 4.79. The predicted molar refractivity (Wildman–Crippen MR) is 86.6 cm³/mol.